The molecule has 42 heavy (non-hydrogen) atoms. The number of carbonyl (C=O) groups is 1. The van der Waals surface area contributed by atoms with Crippen LogP contribution < -0.4 is 16.6 Å². The van der Waals surface area contributed by atoms with E-state index in [-0.39, 0.29) is 34.4 Å². The molecule has 3 heterocycles. The van der Waals surface area contributed by atoms with E-state index in [9.17, 15) is 9.90 Å². The van der Waals surface area contributed by atoms with E-state index in [2.05, 4.69) is 56.1 Å². The summed E-state index contributed by atoms with van der Waals surface area (Å²) in [5.41, 5.74) is 6.55. The second kappa shape index (κ2) is 11.0. The standard InChI is InChI=1S/C31H49BN4O5Si/c1-19-16-20(17-24(31(19,9)38)39-42(10,11)28(2,3)4)21-14-15-34-18-23(21)35-27(37)26-22(33)12-13-25(36-26)32-40-29(5,6)30(7,8)41-32/h12-15,18-20,24,38H,16-17,33H2,1-11H3,(H,35,37)/t19-,20+,24+,31+/m0/s1. The van der Waals surface area contributed by atoms with E-state index in [1.54, 1.807) is 24.5 Å². The quantitative estimate of drug-likeness (QED) is 0.385. The lowest BCUT2D eigenvalue weighted by atomic mass is 9.69. The van der Waals surface area contributed by atoms with E-state index >= 15 is 0 Å². The Morgan fingerprint density at radius 2 is 1.74 bits per heavy atom. The molecule has 11 heteroatoms. The molecule has 1 aliphatic heterocycles. The zero-order chi connectivity index (χ0) is 31.5. The predicted molar refractivity (Wildman–Crippen MR) is 170 cm³/mol. The summed E-state index contributed by atoms with van der Waals surface area (Å²) in [7, 11) is -2.87. The van der Waals surface area contributed by atoms with Crippen molar-refractivity contribution >= 4 is 38.3 Å². The molecule has 1 aliphatic carbocycles. The maximum absolute atomic E-state index is 13.6. The third-order valence-corrected chi connectivity index (χ3v) is 14.7. The Bertz CT molecular complexity index is 1310. The van der Waals surface area contributed by atoms with Crippen molar-refractivity contribution in [1.82, 2.24) is 9.97 Å². The molecule has 4 rings (SSSR count). The molecule has 0 aromatic carbocycles. The third kappa shape index (κ3) is 6.17. The summed E-state index contributed by atoms with van der Waals surface area (Å²) >= 11 is 0. The van der Waals surface area contributed by atoms with Crippen molar-refractivity contribution < 1.29 is 23.6 Å². The Morgan fingerprint density at radius 1 is 1.12 bits per heavy atom. The number of rotatable bonds is 6. The van der Waals surface area contributed by atoms with E-state index < -0.39 is 38.1 Å². The highest BCUT2D eigenvalue weighted by atomic mass is 28.4. The van der Waals surface area contributed by atoms with E-state index in [1.807, 2.05) is 40.7 Å². The van der Waals surface area contributed by atoms with E-state index in [0.29, 0.717) is 17.7 Å². The lowest BCUT2D eigenvalue weighted by Crippen LogP contribution is -2.56. The number of nitrogens with one attached hydrogen (secondary N) is 1. The summed E-state index contributed by atoms with van der Waals surface area (Å²) in [5.74, 6) is -0.406. The Balaban J connectivity index is 1.59. The molecule has 1 amide bonds. The monoisotopic (exact) mass is 596 g/mol. The highest BCUT2D eigenvalue weighted by Crippen LogP contribution is 2.48. The minimum atomic E-state index is -2.15. The third-order valence-electron chi connectivity index (χ3n) is 10.2. The zero-order valence-corrected chi connectivity index (χ0v) is 28.2. The second-order valence-corrected chi connectivity index (χ2v) is 19.6. The van der Waals surface area contributed by atoms with Gasteiger partial charge in [-0.3, -0.25) is 9.78 Å². The summed E-state index contributed by atoms with van der Waals surface area (Å²) in [4.78, 5) is 22.5. The van der Waals surface area contributed by atoms with Crippen LogP contribution in [-0.2, 0) is 13.7 Å². The largest absolute Gasteiger partial charge is 0.514 e. The van der Waals surface area contributed by atoms with Crippen LogP contribution in [0.2, 0.25) is 18.1 Å². The minimum absolute atomic E-state index is 0.0105. The number of aromatic nitrogens is 2. The number of anilines is 2. The number of nitrogens with zero attached hydrogens (tertiary/aromatic N) is 2. The molecule has 2 aliphatic rings. The van der Waals surface area contributed by atoms with Crippen molar-refractivity contribution in [3.05, 3.63) is 41.9 Å². The van der Waals surface area contributed by atoms with Crippen molar-refractivity contribution in [2.45, 2.75) is 122 Å². The highest BCUT2D eigenvalue weighted by molar-refractivity contribution is 6.74. The smallest absolute Gasteiger partial charge is 0.411 e. The van der Waals surface area contributed by atoms with Gasteiger partial charge >= 0.3 is 7.12 Å². The predicted octanol–water partition coefficient (Wildman–Crippen LogP) is 5.27. The normalized spacial score (nSPS) is 27.6. The first-order valence-electron chi connectivity index (χ1n) is 14.9. The number of nitrogen functional groups attached to an aromatic ring is 1. The molecule has 0 bridgehead atoms. The molecular weight excluding hydrogens is 547 g/mol. The molecule has 2 aromatic heterocycles. The first kappa shape index (κ1) is 32.6. The van der Waals surface area contributed by atoms with Crippen LogP contribution in [0.1, 0.15) is 97.1 Å². The first-order valence-corrected chi connectivity index (χ1v) is 17.8. The summed E-state index contributed by atoms with van der Waals surface area (Å²) in [6.45, 7) is 22.9. The molecule has 4 atom stereocenters. The van der Waals surface area contributed by atoms with Crippen LogP contribution in [0.5, 0.6) is 0 Å². The first-order chi connectivity index (χ1) is 19.2. The summed E-state index contributed by atoms with van der Waals surface area (Å²) < 4.78 is 19.1. The highest BCUT2D eigenvalue weighted by Gasteiger charge is 2.53. The molecule has 0 unspecified atom stereocenters. The number of aliphatic hydroxyl groups is 1. The molecule has 0 spiro atoms. The Morgan fingerprint density at radius 3 is 2.33 bits per heavy atom. The van der Waals surface area contributed by atoms with Crippen LogP contribution in [0, 0.1) is 5.92 Å². The van der Waals surface area contributed by atoms with Crippen molar-refractivity contribution in [2.24, 2.45) is 5.92 Å². The van der Waals surface area contributed by atoms with Gasteiger partial charge in [-0.2, -0.15) is 0 Å². The Hall–Kier alpha value is -2.31. The summed E-state index contributed by atoms with van der Waals surface area (Å²) in [6, 6.07) is 5.32. The average Bonchev–Trinajstić information content (AvgIpc) is 3.08. The minimum Gasteiger partial charge on any atom is -0.411 e. The molecule has 230 valence electrons. The maximum Gasteiger partial charge on any atom is 0.514 e. The maximum atomic E-state index is 13.6. The van der Waals surface area contributed by atoms with Gasteiger partial charge in [0.25, 0.3) is 5.91 Å². The lowest BCUT2D eigenvalue weighted by molar-refractivity contribution is -0.117. The van der Waals surface area contributed by atoms with Crippen LogP contribution in [-0.4, -0.2) is 59.3 Å². The second-order valence-electron chi connectivity index (χ2n) is 14.8. The van der Waals surface area contributed by atoms with Gasteiger partial charge in [0.1, 0.15) is 0 Å². The number of amides is 1. The number of nitrogens with two attached hydrogens (primary N) is 1. The van der Waals surface area contributed by atoms with E-state index in [4.69, 9.17) is 19.5 Å². The molecule has 0 radical (unpaired) electrons. The van der Waals surface area contributed by atoms with Crippen LogP contribution in [0.25, 0.3) is 0 Å². The molecular formula is C31H49BN4O5Si. The summed E-state index contributed by atoms with van der Waals surface area (Å²) in [6.07, 6.45) is 4.43. The topological polar surface area (TPSA) is 129 Å². The van der Waals surface area contributed by atoms with Gasteiger partial charge < -0.3 is 29.9 Å². The molecule has 1 saturated heterocycles. The number of hydrogen-bond acceptors (Lipinski definition) is 8. The van der Waals surface area contributed by atoms with Crippen LogP contribution >= 0.6 is 0 Å². The van der Waals surface area contributed by atoms with E-state index in [0.717, 1.165) is 12.0 Å². The SMILES string of the molecule is C[C@H]1C[C@@H](c2ccncc2NC(=O)c2nc(B3OC(C)(C)C(C)(C)O3)ccc2N)C[C@@H](O[Si](C)(C)C(C)(C)C)[C@]1(C)O. The fourth-order valence-corrected chi connectivity index (χ4v) is 6.74. The number of pyridine rings is 2. The molecule has 4 N–H and O–H groups in total. The Kier molecular flexibility index (Phi) is 8.54. The fourth-order valence-electron chi connectivity index (χ4n) is 5.34. The van der Waals surface area contributed by atoms with E-state index in [1.165, 1.54) is 0 Å². The van der Waals surface area contributed by atoms with Crippen LogP contribution in [0.4, 0.5) is 11.4 Å². The molecule has 1 saturated carbocycles. The van der Waals surface area contributed by atoms with Gasteiger partial charge in [-0.15, -0.1) is 0 Å². The Labute approximate surface area is 252 Å². The summed E-state index contributed by atoms with van der Waals surface area (Å²) in [5, 5.41) is 14.6. The number of carbonyl (C=O) groups excluding carboxylic acids is 1. The fraction of sp³-hybridized carbons (Fsp3) is 0.645. The molecule has 2 fully saturated rings. The van der Waals surface area contributed by atoms with Gasteiger partial charge in [0.15, 0.2) is 14.0 Å². The van der Waals surface area contributed by atoms with Crippen molar-refractivity contribution in [3.63, 3.8) is 0 Å². The van der Waals surface area contributed by atoms with Gasteiger partial charge in [-0.1, -0.05) is 27.7 Å². The van der Waals surface area contributed by atoms with Gasteiger partial charge in [0, 0.05) is 6.20 Å². The van der Waals surface area contributed by atoms with Crippen molar-refractivity contribution in [2.75, 3.05) is 11.1 Å². The molecule has 2 aromatic rings. The van der Waals surface area contributed by atoms with Crippen LogP contribution in [0.3, 0.4) is 0 Å². The molecule has 9 nitrogen and oxygen atoms in total. The van der Waals surface area contributed by atoms with Gasteiger partial charge in [0.05, 0.1) is 46.1 Å². The van der Waals surface area contributed by atoms with Crippen molar-refractivity contribution in [3.8, 4) is 0 Å². The van der Waals surface area contributed by atoms with Crippen molar-refractivity contribution in [1.29, 1.82) is 0 Å². The zero-order valence-electron chi connectivity index (χ0n) is 27.2. The van der Waals surface area contributed by atoms with Gasteiger partial charge in [0.2, 0.25) is 0 Å². The number of hydrogen-bond donors (Lipinski definition) is 3. The van der Waals surface area contributed by atoms with Gasteiger partial charge in [-0.05, 0) is 101 Å². The van der Waals surface area contributed by atoms with Gasteiger partial charge in [-0.25, -0.2) is 4.98 Å². The van der Waals surface area contributed by atoms with Crippen LogP contribution in [0.15, 0.2) is 30.6 Å². The lowest BCUT2D eigenvalue weighted by Gasteiger charge is -2.50. The average molecular weight is 597 g/mol.